The van der Waals surface area contributed by atoms with Crippen LogP contribution in [0.15, 0.2) is 59.0 Å². The number of aliphatic hydroxyl groups excluding tert-OH is 1. The molecule has 1 N–H and O–H groups in total. The van der Waals surface area contributed by atoms with Crippen LogP contribution in [0.25, 0.3) is 17.2 Å². The van der Waals surface area contributed by atoms with Gasteiger partial charge in [0.2, 0.25) is 0 Å². The molecule has 0 saturated heterocycles. The van der Waals surface area contributed by atoms with E-state index in [9.17, 15) is 5.11 Å². The summed E-state index contributed by atoms with van der Waals surface area (Å²) < 4.78 is 0. The van der Waals surface area contributed by atoms with Gasteiger partial charge in [0.25, 0.3) is 0 Å². The monoisotopic (exact) mass is 308 g/mol. The molecule has 22 heavy (non-hydrogen) atoms. The van der Waals surface area contributed by atoms with Gasteiger partial charge in [-0.15, -0.1) is 11.8 Å². The molecule has 0 bridgehead atoms. The third kappa shape index (κ3) is 2.77. The Morgan fingerprint density at radius 1 is 1.00 bits per heavy atom. The Balaban J connectivity index is 2.08. The number of allylic oxidation sites excluding steroid dienone is 2. The van der Waals surface area contributed by atoms with Crippen LogP contribution in [0, 0.1) is 0 Å². The SMILES string of the molecule is CSc1ccc(/C=C2/C(CCO)=C(C)c3ccccc32)cc1. The second-order valence-corrected chi connectivity index (χ2v) is 6.33. The molecule has 2 aromatic rings. The number of hydrogen-bond acceptors (Lipinski definition) is 2. The Hall–Kier alpha value is -1.77. The highest BCUT2D eigenvalue weighted by atomic mass is 32.2. The Bertz CT molecular complexity index is 739. The molecule has 0 saturated carbocycles. The summed E-state index contributed by atoms with van der Waals surface area (Å²) in [7, 11) is 0. The predicted molar refractivity (Wildman–Crippen MR) is 96.8 cm³/mol. The van der Waals surface area contributed by atoms with Gasteiger partial charge in [0.1, 0.15) is 0 Å². The summed E-state index contributed by atoms with van der Waals surface area (Å²) in [4.78, 5) is 1.27. The van der Waals surface area contributed by atoms with E-state index in [1.165, 1.54) is 38.3 Å². The summed E-state index contributed by atoms with van der Waals surface area (Å²) in [6.07, 6.45) is 5.03. The molecular weight excluding hydrogens is 288 g/mol. The molecular formula is C20H20OS. The van der Waals surface area contributed by atoms with E-state index in [2.05, 4.69) is 67.8 Å². The molecule has 0 aromatic heterocycles. The Labute approximate surface area is 136 Å². The van der Waals surface area contributed by atoms with Crippen molar-refractivity contribution in [2.45, 2.75) is 18.2 Å². The normalized spacial score (nSPS) is 15.5. The average molecular weight is 308 g/mol. The third-order valence-electron chi connectivity index (χ3n) is 4.19. The zero-order chi connectivity index (χ0) is 15.5. The number of hydrogen-bond donors (Lipinski definition) is 1. The highest BCUT2D eigenvalue weighted by Crippen LogP contribution is 2.43. The third-order valence-corrected chi connectivity index (χ3v) is 4.93. The van der Waals surface area contributed by atoms with Gasteiger partial charge in [0, 0.05) is 11.5 Å². The van der Waals surface area contributed by atoms with Crippen molar-refractivity contribution in [3.8, 4) is 0 Å². The summed E-state index contributed by atoms with van der Waals surface area (Å²) in [5.74, 6) is 0. The fourth-order valence-corrected chi connectivity index (χ4v) is 3.45. The maximum atomic E-state index is 9.41. The van der Waals surface area contributed by atoms with Crippen LogP contribution in [0.3, 0.4) is 0 Å². The minimum atomic E-state index is 0.184. The van der Waals surface area contributed by atoms with Crippen molar-refractivity contribution in [2.75, 3.05) is 12.9 Å². The van der Waals surface area contributed by atoms with E-state index >= 15 is 0 Å². The van der Waals surface area contributed by atoms with Crippen LogP contribution in [0.4, 0.5) is 0 Å². The number of benzene rings is 2. The van der Waals surface area contributed by atoms with Gasteiger partial charge in [-0.25, -0.2) is 0 Å². The summed E-state index contributed by atoms with van der Waals surface area (Å²) in [6, 6.07) is 17.1. The highest BCUT2D eigenvalue weighted by molar-refractivity contribution is 7.98. The summed E-state index contributed by atoms with van der Waals surface area (Å²) in [5, 5.41) is 9.41. The Kier molecular flexibility index (Phi) is 4.51. The molecule has 0 heterocycles. The lowest BCUT2D eigenvalue weighted by molar-refractivity contribution is 0.301. The van der Waals surface area contributed by atoms with Gasteiger partial charge in [-0.05, 0) is 71.2 Å². The van der Waals surface area contributed by atoms with E-state index in [0.29, 0.717) is 6.42 Å². The van der Waals surface area contributed by atoms with Crippen molar-refractivity contribution < 1.29 is 5.11 Å². The highest BCUT2D eigenvalue weighted by Gasteiger charge is 2.22. The maximum Gasteiger partial charge on any atom is 0.0471 e. The van der Waals surface area contributed by atoms with Crippen LogP contribution in [0.1, 0.15) is 30.0 Å². The largest absolute Gasteiger partial charge is 0.396 e. The number of rotatable bonds is 4. The van der Waals surface area contributed by atoms with Crippen molar-refractivity contribution in [3.05, 3.63) is 70.8 Å². The maximum absolute atomic E-state index is 9.41. The Morgan fingerprint density at radius 2 is 1.68 bits per heavy atom. The predicted octanol–water partition coefficient (Wildman–Crippen LogP) is 5.12. The molecule has 0 spiro atoms. The van der Waals surface area contributed by atoms with E-state index in [-0.39, 0.29) is 6.61 Å². The van der Waals surface area contributed by atoms with Gasteiger partial charge in [-0.1, -0.05) is 36.4 Å². The second-order valence-electron chi connectivity index (χ2n) is 5.45. The van der Waals surface area contributed by atoms with Crippen molar-refractivity contribution in [1.82, 2.24) is 0 Å². The fraction of sp³-hybridized carbons (Fsp3) is 0.200. The van der Waals surface area contributed by atoms with Crippen molar-refractivity contribution in [2.24, 2.45) is 0 Å². The smallest absolute Gasteiger partial charge is 0.0471 e. The van der Waals surface area contributed by atoms with Crippen LogP contribution in [0.5, 0.6) is 0 Å². The van der Waals surface area contributed by atoms with Gasteiger partial charge < -0.3 is 5.11 Å². The van der Waals surface area contributed by atoms with Crippen LogP contribution in [-0.4, -0.2) is 18.0 Å². The molecule has 3 rings (SSSR count). The van der Waals surface area contributed by atoms with E-state index in [4.69, 9.17) is 0 Å². The summed E-state index contributed by atoms with van der Waals surface area (Å²) in [5.41, 5.74) is 7.57. The van der Waals surface area contributed by atoms with E-state index in [1.54, 1.807) is 11.8 Å². The zero-order valence-corrected chi connectivity index (χ0v) is 13.8. The molecule has 0 atom stereocenters. The van der Waals surface area contributed by atoms with E-state index < -0.39 is 0 Å². The quantitative estimate of drug-likeness (QED) is 0.791. The van der Waals surface area contributed by atoms with Crippen molar-refractivity contribution in [1.29, 1.82) is 0 Å². The second kappa shape index (κ2) is 6.55. The van der Waals surface area contributed by atoms with Gasteiger partial charge in [0.15, 0.2) is 0 Å². The molecule has 0 unspecified atom stereocenters. The van der Waals surface area contributed by atoms with Crippen LogP contribution in [0.2, 0.25) is 0 Å². The summed E-state index contributed by atoms with van der Waals surface area (Å²) >= 11 is 1.75. The zero-order valence-electron chi connectivity index (χ0n) is 13.0. The first-order chi connectivity index (χ1) is 10.7. The van der Waals surface area contributed by atoms with Gasteiger partial charge in [0.05, 0.1) is 0 Å². The molecule has 0 aliphatic heterocycles. The van der Waals surface area contributed by atoms with Crippen LogP contribution >= 0.6 is 11.8 Å². The molecule has 1 aliphatic rings. The molecule has 1 nitrogen and oxygen atoms in total. The minimum Gasteiger partial charge on any atom is -0.396 e. The number of fused-ring (bicyclic) bond motifs is 1. The van der Waals surface area contributed by atoms with Crippen molar-refractivity contribution in [3.63, 3.8) is 0 Å². The van der Waals surface area contributed by atoms with E-state index in [0.717, 1.165) is 0 Å². The number of aliphatic hydroxyl groups is 1. The minimum absolute atomic E-state index is 0.184. The molecule has 0 fully saturated rings. The first kappa shape index (κ1) is 15.1. The van der Waals surface area contributed by atoms with Gasteiger partial charge in [-0.3, -0.25) is 0 Å². The van der Waals surface area contributed by atoms with Crippen molar-refractivity contribution >= 4 is 29.0 Å². The molecule has 0 amide bonds. The van der Waals surface area contributed by atoms with Gasteiger partial charge in [-0.2, -0.15) is 0 Å². The lowest BCUT2D eigenvalue weighted by atomic mass is 9.98. The first-order valence-electron chi connectivity index (χ1n) is 7.51. The number of thioether (sulfide) groups is 1. The standard InChI is InChI=1S/C20H20OS/c1-14-17-5-3-4-6-19(17)20(18(14)11-12-21)13-15-7-9-16(22-2)10-8-15/h3-10,13,21H,11-12H2,1-2H3/b20-13-. The molecule has 1 aliphatic carbocycles. The molecule has 112 valence electrons. The summed E-state index contributed by atoms with van der Waals surface area (Å²) in [6.45, 7) is 2.34. The molecule has 2 aromatic carbocycles. The molecule has 2 heteroatoms. The van der Waals surface area contributed by atoms with Gasteiger partial charge >= 0.3 is 0 Å². The Morgan fingerprint density at radius 3 is 2.32 bits per heavy atom. The average Bonchev–Trinajstić information content (AvgIpc) is 2.82. The van der Waals surface area contributed by atoms with E-state index in [1.807, 2.05) is 0 Å². The topological polar surface area (TPSA) is 20.2 Å². The van der Waals surface area contributed by atoms with Crippen LogP contribution in [-0.2, 0) is 0 Å². The molecule has 0 radical (unpaired) electrons. The lowest BCUT2D eigenvalue weighted by Crippen LogP contribution is -1.90. The lowest BCUT2D eigenvalue weighted by Gasteiger charge is -2.07. The first-order valence-corrected chi connectivity index (χ1v) is 8.73. The fourth-order valence-electron chi connectivity index (χ4n) is 3.04. The van der Waals surface area contributed by atoms with Crippen LogP contribution < -0.4 is 0 Å².